The number of hydrogen-bond acceptors (Lipinski definition) is 8. The lowest BCUT2D eigenvalue weighted by Crippen LogP contribution is -2.56. The van der Waals surface area contributed by atoms with Crippen LogP contribution in [0.25, 0.3) is 0 Å². The van der Waals surface area contributed by atoms with Crippen LogP contribution in [0.15, 0.2) is 41.9 Å². The minimum absolute atomic E-state index is 0.0102. The first-order valence-corrected chi connectivity index (χ1v) is 17.9. The minimum atomic E-state index is -0.513. The Balaban J connectivity index is 1.76. The van der Waals surface area contributed by atoms with Crippen molar-refractivity contribution in [3.05, 3.63) is 52.5 Å². The van der Waals surface area contributed by atoms with E-state index in [2.05, 4.69) is 29.5 Å². The van der Waals surface area contributed by atoms with Crippen molar-refractivity contribution >= 4 is 29.1 Å². The van der Waals surface area contributed by atoms with Gasteiger partial charge >= 0.3 is 0 Å². The van der Waals surface area contributed by atoms with Gasteiger partial charge in [0.05, 0.1) is 48.7 Å². The number of carbonyl (C=O) groups excluding carboxylic acids is 3. The van der Waals surface area contributed by atoms with Crippen LogP contribution in [0.3, 0.4) is 0 Å². The molecule has 0 aliphatic carbocycles. The van der Waals surface area contributed by atoms with E-state index in [-0.39, 0.29) is 60.1 Å². The number of carbonyl (C=O) groups is 3. The van der Waals surface area contributed by atoms with Gasteiger partial charge in [-0.25, -0.2) is 4.98 Å². The topological polar surface area (TPSA) is 113 Å². The summed E-state index contributed by atoms with van der Waals surface area (Å²) >= 11 is 1.52. The van der Waals surface area contributed by atoms with E-state index in [4.69, 9.17) is 9.47 Å². The molecule has 1 aliphatic rings. The molecule has 1 aromatic carbocycles. The molecule has 0 radical (unpaired) electrons. The zero-order valence-electron chi connectivity index (χ0n) is 29.8. The van der Waals surface area contributed by atoms with Crippen molar-refractivity contribution < 1.29 is 23.9 Å². The van der Waals surface area contributed by atoms with E-state index < -0.39 is 18.1 Å². The Bertz CT molecular complexity index is 1250. The number of likely N-dealkylation sites (N-methyl/N-ethyl adjacent to an activating group) is 2. The van der Waals surface area contributed by atoms with E-state index in [1.165, 1.54) is 11.3 Å². The van der Waals surface area contributed by atoms with Gasteiger partial charge in [-0.05, 0) is 43.7 Å². The number of benzene rings is 1. The highest BCUT2D eigenvalue weighted by molar-refractivity contribution is 7.09. The Kier molecular flexibility index (Phi) is 15.3. The predicted octanol–water partition coefficient (Wildman–Crippen LogP) is 4.71. The average Bonchev–Trinajstić information content (AvgIpc) is 3.78. The van der Waals surface area contributed by atoms with E-state index >= 15 is 0 Å². The molecule has 1 fully saturated rings. The molecule has 10 nitrogen and oxygen atoms in total. The predicted molar refractivity (Wildman–Crippen MR) is 187 cm³/mol. The lowest BCUT2D eigenvalue weighted by atomic mass is 9.89. The van der Waals surface area contributed by atoms with Crippen LogP contribution in [0, 0.1) is 17.8 Å². The first kappa shape index (κ1) is 38.6. The number of hydrogen-bond donors (Lipinski definition) is 2. The Morgan fingerprint density at radius 1 is 1.11 bits per heavy atom. The molecule has 2 heterocycles. The molecule has 0 unspecified atom stereocenters. The number of nitrogens with zero attached hydrogens (tertiary/aromatic N) is 3. The van der Waals surface area contributed by atoms with Crippen LogP contribution < -0.4 is 10.6 Å². The molecular formula is C36H57N5O5S. The maximum Gasteiger partial charge on any atom is 0.240 e. The van der Waals surface area contributed by atoms with Crippen LogP contribution in [0.2, 0.25) is 0 Å². The van der Waals surface area contributed by atoms with Crippen molar-refractivity contribution in [1.82, 2.24) is 25.4 Å². The summed E-state index contributed by atoms with van der Waals surface area (Å²) in [5.41, 5.74) is 1.11. The van der Waals surface area contributed by atoms with Gasteiger partial charge in [-0.1, -0.05) is 71.4 Å². The first-order chi connectivity index (χ1) is 22.5. The highest BCUT2D eigenvalue weighted by atomic mass is 32.1. The third-order valence-corrected chi connectivity index (χ3v) is 10.7. The lowest BCUT2D eigenvalue weighted by molar-refractivity contribution is -0.147. The number of rotatable bonds is 18. The fourth-order valence-electron chi connectivity index (χ4n) is 7.03. The van der Waals surface area contributed by atoms with Gasteiger partial charge in [0.2, 0.25) is 17.7 Å². The maximum absolute atomic E-state index is 14.0. The molecule has 8 atom stereocenters. The van der Waals surface area contributed by atoms with Crippen molar-refractivity contribution in [3.63, 3.8) is 0 Å². The second-order valence-corrected chi connectivity index (χ2v) is 14.1. The van der Waals surface area contributed by atoms with Crippen molar-refractivity contribution in [2.24, 2.45) is 17.8 Å². The highest BCUT2D eigenvalue weighted by Gasteiger charge is 2.42. The van der Waals surface area contributed by atoms with Crippen LogP contribution >= 0.6 is 11.3 Å². The van der Waals surface area contributed by atoms with Gasteiger partial charge in [0.15, 0.2) is 0 Å². The summed E-state index contributed by atoms with van der Waals surface area (Å²) in [6.07, 6.45) is 3.92. The molecule has 2 N–H and O–H groups in total. The average molecular weight is 672 g/mol. The largest absolute Gasteiger partial charge is 0.379 e. The van der Waals surface area contributed by atoms with Gasteiger partial charge in [-0.3, -0.25) is 14.4 Å². The van der Waals surface area contributed by atoms with Crippen LogP contribution in [-0.2, 0) is 30.3 Å². The van der Waals surface area contributed by atoms with Crippen molar-refractivity contribution in [1.29, 1.82) is 0 Å². The number of thiazole rings is 1. The van der Waals surface area contributed by atoms with Gasteiger partial charge in [-0.2, -0.15) is 0 Å². The Labute approximate surface area is 286 Å². The zero-order chi connectivity index (χ0) is 34.7. The van der Waals surface area contributed by atoms with Crippen LogP contribution in [0.5, 0.6) is 0 Å². The third-order valence-electron chi connectivity index (χ3n) is 9.85. The smallest absolute Gasteiger partial charge is 0.240 e. The molecule has 1 aliphatic heterocycles. The van der Waals surface area contributed by atoms with Crippen LogP contribution in [0.4, 0.5) is 0 Å². The van der Waals surface area contributed by atoms with Gasteiger partial charge in [-0.15, -0.1) is 11.3 Å². The molecule has 11 heteroatoms. The third kappa shape index (κ3) is 9.84. The highest BCUT2D eigenvalue weighted by Crippen LogP contribution is 2.30. The minimum Gasteiger partial charge on any atom is -0.379 e. The molecule has 2 aromatic rings. The Morgan fingerprint density at radius 2 is 1.81 bits per heavy atom. The van der Waals surface area contributed by atoms with E-state index in [9.17, 15) is 14.4 Å². The molecule has 1 aromatic heterocycles. The lowest BCUT2D eigenvalue weighted by Gasteiger charge is -2.40. The quantitative estimate of drug-likeness (QED) is 0.236. The number of amides is 3. The SMILES string of the molecule is CC[C@H](C)[C@@H]([C@@H](CC(=O)N1CCC[C@H]1[C@H](OC)[C@@H](C)C(=O)N[C@@H](Cc1ccccc1)c1nccs1)OC)N(C)C(=O)[C@@H](NC)C(C)C. The van der Waals surface area contributed by atoms with Gasteiger partial charge in [0.1, 0.15) is 5.01 Å². The summed E-state index contributed by atoms with van der Waals surface area (Å²) in [6.45, 7) is 10.7. The fraction of sp³-hybridized carbons (Fsp3) is 0.667. The summed E-state index contributed by atoms with van der Waals surface area (Å²) in [5.74, 6) is -0.492. The summed E-state index contributed by atoms with van der Waals surface area (Å²) in [4.78, 5) is 49.5. The number of aromatic nitrogens is 1. The van der Waals surface area contributed by atoms with Gasteiger partial charge in [0.25, 0.3) is 0 Å². The maximum atomic E-state index is 14.0. The molecule has 47 heavy (non-hydrogen) atoms. The number of methoxy groups -OCH3 is 2. The van der Waals surface area contributed by atoms with E-state index in [0.717, 1.165) is 29.8 Å². The van der Waals surface area contributed by atoms with Gasteiger partial charge < -0.3 is 29.9 Å². The molecule has 262 valence electrons. The first-order valence-electron chi connectivity index (χ1n) is 17.0. The summed E-state index contributed by atoms with van der Waals surface area (Å²) < 4.78 is 12.0. The second kappa shape index (κ2) is 18.6. The van der Waals surface area contributed by atoms with Crippen LogP contribution in [0.1, 0.15) is 76.9 Å². The molecule has 3 rings (SSSR count). The second-order valence-electron chi connectivity index (χ2n) is 13.2. The number of nitrogens with one attached hydrogen (secondary N) is 2. The summed E-state index contributed by atoms with van der Waals surface area (Å²) in [5, 5.41) is 9.15. The number of ether oxygens (including phenoxy) is 2. The van der Waals surface area contributed by atoms with Crippen molar-refractivity contribution in [2.75, 3.05) is 34.9 Å². The molecule has 0 saturated carbocycles. The molecule has 0 spiro atoms. The van der Waals surface area contributed by atoms with Gasteiger partial charge in [0, 0.05) is 39.4 Å². The monoisotopic (exact) mass is 671 g/mol. The molecule has 0 bridgehead atoms. The summed E-state index contributed by atoms with van der Waals surface area (Å²) in [6, 6.07) is 8.91. The molecule has 1 saturated heterocycles. The van der Waals surface area contributed by atoms with Crippen LogP contribution in [-0.4, -0.2) is 97.7 Å². The summed E-state index contributed by atoms with van der Waals surface area (Å²) in [7, 11) is 6.85. The zero-order valence-corrected chi connectivity index (χ0v) is 30.6. The number of likely N-dealkylation sites (tertiary alicyclic amines) is 1. The normalized spacial score (nSPS) is 19.4. The Morgan fingerprint density at radius 3 is 2.36 bits per heavy atom. The molecule has 3 amide bonds. The van der Waals surface area contributed by atoms with Crippen molar-refractivity contribution in [2.45, 2.75) is 103 Å². The molecular weight excluding hydrogens is 614 g/mol. The van der Waals surface area contributed by atoms with E-state index in [1.807, 2.05) is 68.4 Å². The fourth-order valence-corrected chi connectivity index (χ4v) is 7.72. The standard InChI is InChI=1S/C36H57N5O5S/c1-10-24(4)32(40(7)36(44)31(37-6)23(2)3)29(45-8)22-30(42)41-19-14-17-28(41)33(46-9)25(5)34(43)39-27(35-38-18-20-47-35)21-26-15-12-11-13-16-26/h11-13,15-16,18,20,23-25,27-29,31-33,37H,10,14,17,19,21-22H2,1-9H3,(H,39,43)/t24-,25+,27-,28-,29+,31-,32-,33+/m0/s1. The Hall–Kier alpha value is -2.86. The van der Waals surface area contributed by atoms with Crippen molar-refractivity contribution in [3.8, 4) is 0 Å². The van der Waals surface area contributed by atoms with E-state index in [1.54, 1.807) is 32.4 Å². The van der Waals surface area contributed by atoms with E-state index in [0.29, 0.717) is 13.0 Å².